The maximum atomic E-state index is 10.4. The number of allylic oxidation sites excluding steroid dienone is 2. The molecule has 0 aromatic rings. The van der Waals surface area contributed by atoms with Crippen molar-refractivity contribution in [3.8, 4) is 0 Å². The molecule has 3 rings (SSSR count). The van der Waals surface area contributed by atoms with Gasteiger partial charge >= 0.3 is 0 Å². The molecule has 0 bridgehead atoms. The van der Waals surface area contributed by atoms with Crippen LogP contribution in [0.2, 0.25) is 0 Å². The maximum Gasteiger partial charge on any atom is 0.0591 e. The van der Waals surface area contributed by atoms with E-state index >= 15 is 0 Å². The fraction of sp³-hybridized carbons (Fsp3) is 0.895. The van der Waals surface area contributed by atoms with Crippen molar-refractivity contribution in [1.29, 1.82) is 0 Å². The highest BCUT2D eigenvalue weighted by molar-refractivity contribution is 5.34. The van der Waals surface area contributed by atoms with Crippen LogP contribution in [0, 0.1) is 16.7 Å². The molecule has 3 atom stereocenters. The highest BCUT2D eigenvalue weighted by atomic mass is 16.3. The topological polar surface area (TPSA) is 40.5 Å². The smallest absolute Gasteiger partial charge is 0.0591 e. The van der Waals surface area contributed by atoms with E-state index < -0.39 is 5.60 Å². The molecule has 0 saturated heterocycles. The summed E-state index contributed by atoms with van der Waals surface area (Å²) in [7, 11) is 0. The van der Waals surface area contributed by atoms with Gasteiger partial charge in [-0.1, -0.05) is 18.6 Å². The van der Waals surface area contributed by atoms with E-state index in [0.717, 1.165) is 25.7 Å². The Hall–Kier alpha value is -0.340. The quantitative estimate of drug-likeness (QED) is 0.745. The lowest BCUT2D eigenvalue weighted by molar-refractivity contribution is 0.00617. The Morgan fingerprint density at radius 1 is 1.29 bits per heavy atom. The molecule has 2 N–H and O–H groups in total. The monoisotopic (exact) mass is 292 g/mol. The molecular formula is C19H32O2. The van der Waals surface area contributed by atoms with Crippen molar-refractivity contribution in [3.05, 3.63) is 11.6 Å². The summed E-state index contributed by atoms with van der Waals surface area (Å²) in [6.07, 6.45) is 12.8. The zero-order chi connectivity index (χ0) is 15.3. The molecule has 2 heteroatoms. The van der Waals surface area contributed by atoms with E-state index in [2.05, 4.69) is 13.0 Å². The van der Waals surface area contributed by atoms with Crippen LogP contribution in [0.3, 0.4) is 0 Å². The summed E-state index contributed by atoms with van der Waals surface area (Å²) in [6, 6.07) is 0. The van der Waals surface area contributed by atoms with Crippen molar-refractivity contribution < 1.29 is 10.2 Å². The minimum Gasteiger partial charge on any atom is -0.393 e. The normalized spacial score (nSPS) is 38.0. The molecule has 0 aromatic carbocycles. The molecule has 0 spiro atoms. The molecule has 120 valence electrons. The lowest BCUT2D eigenvalue weighted by Crippen LogP contribution is -2.40. The Morgan fingerprint density at radius 3 is 2.62 bits per heavy atom. The first-order valence-corrected chi connectivity index (χ1v) is 8.89. The van der Waals surface area contributed by atoms with Gasteiger partial charge in [0.25, 0.3) is 0 Å². The molecule has 0 aliphatic heterocycles. The zero-order valence-electron chi connectivity index (χ0n) is 14.0. The summed E-state index contributed by atoms with van der Waals surface area (Å²) in [5.74, 6) is 0.466. The Balaban J connectivity index is 1.69. The average Bonchev–Trinajstić information content (AvgIpc) is 3.03. The number of hydrogen-bond acceptors (Lipinski definition) is 2. The fourth-order valence-corrected chi connectivity index (χ4v) is 5.21. The molecule has 21 heavy (non-hydrogen) atoms. The van der Waals surface area contributed by atoms with Gasteiger partial charge < -0.3 is 10.2 Å². The highest BCUT2D eigenvalue weighted by Crippen LogP contribution is 2.67. The number of aliphatic hydroxyl groups is 2. The van der Waals surface area contributed by atoms with E-state index in [4.69, 9.17) is 0 Å². The molecule has 0 amide bonds. The van der Waals surface area contributed by atoms with E-state index in [0.29, 0.717) is 11.3 Å². The van der Waals surface area contributed by atoms with Crippen LogP contribution in [0.25, 0.3) is 0 Å². The van der Waals surface area contributed by atoms with Gasteiger partial charge in [0.05, 0.1) is 11.7 Å². The molecule has 2 fully saturated rings. The van der Waals surface area contributed by atoms with Gasteiger partial charge in [-0.15, -0.1) is 0 Å². The van der Waals surface area contributed by atoms with Crippen LogP contribution in [0.1, 0.15) is 78.6 Å². The summed E-state index contributed by atoms with van der Waals surface area (Å²) < 4.78 is 0. The van der Waals surface area contributed by atoms with Crippen LogP contribution in [-0.4, -0.2) is 21.9 Å². The van der Waals surface area contributed by atoms with Crippen LogP contribution in [0.4, 0.5) is 0 Å². The maximum absolute atomic E-state index is 10.4. The van der Waals surface area contributed by atoms with Gasteiger partial charge in [-0.2, -0.15) is 0 Å². The molecule has 0 radical (unpaired) electrons. The second-order valence-electron chi connectivity index (χ2n) is 8.78. The molecular weight excluding hydrogens is 260 g/mol. The molecule has 3 aliphatic carbocycles. The van der Waals surface area contributed by atoms with Crippen LogP contribution in [-0.2, 0) is 0 Å². The predicted molar refractivity (Wildman–Crippen MR) is 86.0 cm³/mol. The number of fused-ring (bicyclic) bond motifs is 1. The van der Waals surface area contributed by atoms with Gasteiger partial charge in [0.15, 0.2) is 0 Å². The van der Waals surface area contributed by atoms with Crippen LogP contribution < -0.4 is 0 Å². The molecule has 0 unspecified atom stereocenters. The lowest BCUT2D eigenvalue weighted by atomic mass is 9.62. The van der Waals surface area contributed by atoms with Gasteiger partial charge in [0.1, 0.15) is 0 Å². The SMILES string of the molecule is CC(C)(O)CCCC1(C2=CC[C@H]3[C@@H](O)CCC[C@@]23C)CC1. The average molecular weight is 292 g/mol. The minimum absolute atomic E-state index is 0.0929. The van der Waals surface area contributed by atoms with Crippen molar-refractivity contribution in [2.24, 2.45) is 16.7 Å². The summed E-state index contributed by atoms with van der Waals surface area (Å²) in [5.41, 5.74) is 1.82. The lowest BCUT2D eigenvalue weighted by Gasteiger charge is -2.44. The highest BCUT2D eigenvalue weighted by Gasteiger charge is 2.57. The zero-order valence-corrected chi connectivity index (χ0v) is 14.0. The van der Waals surface area contributed by atoms with Crippen LogP contribution in [0.15, 0.2) is 11.6 Å². The number of hydrogen-bond donors (Lipinski definition) is 2. The second kappa shape index (κ2) is 5.09. The van der Waals surface area contributed by atoms with E-state index in [9.17, 15) is 10.2 Å². The van der Waals surface area contributed by atoms with Crippen molar-refractivity contribution >= 4 is 0 Å². The standard InChI is InChI=1S/C19H32O2/c1-17(2,21)9-5-11-19(12-13-19)16-8-7-14-15(20)6-4-10-18(14,16)3/h8,14-15,20-21H,4-7,9-13H2,1-3H3/t14-,15-,18+/m0/s1. The Labute approximate surface area is 129 Å². The van der Waals surface area contributed by atoms with Crippen molar-refractivity contribution in [3.63, 3.8) is 0 Å². The van der Waals surface area contributed by atoms with Gasteiger partial charge in [0.2, 0.25) is 0 Å². The molecule has 0 heterocycles. The molecule has 3 aliphatic rings. The Bertz CT molecular complexity index is 427. The van der Waals surface area contributed by atoms with E-state index in [1.807, 2.05) is 13.8 Å². The molecule has 0 aromatic heterocycles. The summed E-state index contributed by atoms with van der Waals surface area (Å²) in [6.45, 7) is 6.24. The summed E-state index contributed by atoms with van der Waals surface area (Å²) in [5, 5.41) is 20.3. The predicted octanol–water partition coefficient (Wildman–Crippen LogP) is 4.21. The van der Waals surface area contributed by atoms with Crippen LogP contribution in [0.5, 0.6) is 0 Å². The third kappa shape index (κ3) is 2.82. The largest absolute Gasteiger partial charge is 0.393 e. The first-order valence-electron chi connectivity index (χ1n) is 8.89. The number of rotatable bonds is 5. The first-order chi connectivity index (χ1) is 9.77. The fourth-order valence-electron chi connectivity index (χ4n) is 5.21. The number of aliphatic hydroxyl groups excluding tert-OH is 1. The minimum atomic E-state index is -0.534. The van der Waals surface area contributed by atoms with Gasteiger partial charge in [0, 0.05) is 0 Å². The Kier molecular flexibility index (Phi) is 3.77. The first kappa shape index (κ1) is 15.6. The van der Waals surface area contributed by atoms with E-state index in [1.54, 1.807) is 5.57 Å². The van der Waals surface area contributed by atoms with Crippen molar-refractivity contribution in [2.45, 2.75) is 90.3 Å². The van der Waals surface area contributed by atoms with Gasteiger partial charge in [-0.25, -0.2) is 0 Å². The van der Waals surface area contributed by atoms with E-state index in [1.165, 1.54) is 32.1 Å². The molecule has 2 nitrogen and oxygen atoms in total. The van der Waals surface area contributed by atoms with Crippen molar-refractivity contribution in [2.75, 3.05) is 0 Å². The summed E-state index contributed by atoms with van der Waals surface area (Å²) >= 11 is 0. The molecule has 2 saturated carbocycles. The third-order valence-corrected chi connectivity index (χ3v) is 6.54. The Morgan fingerprint density at radius 2 is 2.00 bits per heavy atom. The van der Waals surface area contributed by atoms with E-state index in [-0.39, 0.29) is 11.5 Å². The van der Waals surface area contributed by atoms with Crippen LogP contribution >= 0.6 is 0 Å². The summed E-state index contributed by atoms with van der Waals surface area (Å²) in [4.78, 5) is 0. The van der Waals surface area contributed by atoms with Gasteiger partial charge in [-0.05, 0) is 88.4 Å². The second-order valence-corrected chi connectivity index (χ2v) is 8.78. The van der Waals surface area contributed by atoms with Crippen molar-refractivity contribution in [1.82, 2.24) is 0 Å². The third-order valence-electron chi connectivity index (χ3n) is 6.54. The van der Waals surface area contributed by atoms with Gasteiger partial charge in [-0.3, -0.25) is 0 Å².